The van der Waals surface area contributed by atoms with Crippen LogP contribution >= 0.6 is 27.3 Å². The average molecular weight is 303 g/mol. The van der Waals surface area contributed by atoms with Gasteiger partial charge in [0.25, 0.3) is 0 Å². The molecular weight excluding hydrogens is 296 g/mol. The van der Waals surface area contributed by atoms with Crippen molar-refractivity contribution in [1.82, 2.24) is 14.5 Å². The summed E-state index contributed by atoms with van der Waals surface area (Å²) in [4.78, 5) is 19.3. The molecule has 0 saturated heterocycles. The lowest BCUT2D eigenvalue weighted by Crippen LogP contribution is -2.07. The number of rotatable bonds is 2. The molecule has 0 aliphatic carbocycles. The molecule has 6 nitrogen and oxygen atoms in total. The maximum Gasteiger partial charge on any atom is 0.360 e. The van der Waals surface area contributed by atoms with E-state index in [1.54, 1.807) is 6.20 Å². The molecule has 0 aliphatic heterocycles. The molecule has 0 aromatic carbocycles. The van der Waals surface area contributed by atoms with Crippen LogP contribution in [0, 0.1) is 0 Å². The number of esters is 1. The van der Waals surface area contributed by atoms with E-state index in [1.807, 2.05) is 0 Å². The zero-order chi connectivity index (χ0) is 11.7. The van der Waals surface area contributed by atoms with E-state index in [2.05, 4.69) is 30.6 Å². The summed E-state index contributed by atoms with van der Waals surface area (Å²) < 4.78 is 6.95. The second kappa shape index (κ2) is 4.22. The van der Waals surface area contributed by atoms with Crippen molar-refractivity contribution >= 4 is 39.1 Å². The number of anilines is 1. The number of nitrogens with two attached hydrogens (primary N) is 1. The highest BCUT2D eigenvalue weighted by atomic mass is 79.9. The van der Waals surface area contributed by atoms with Gasteiger partial charge in [-0.1, -0.05) is 11.3 Å². The molecule has 0 aliphatic rings. The van der Waals surface area contributed by atoms with Gasteiger partial charge in [-0.3, -0.25) is 4.57 Å². The summed E-state index contributed by atoms with van der Waals surface area (Å²) in [5.74, 6) is -0.347. The minimum Gasteiger partial charge on any atom is -0.464 e. The first-order chi connectivity index (χ1) is 7.63. The van der Waals surface area contributed by atoms with Crippen molar-refractivity contribution in [3.8, 4) is 5.13 Å². The van der Waals surface area contributed by atoms with Gasteiger partial charge >= 0.3 is 5.97 Å². The largest absolute Gasteiger partial charge is 0.464 e. The van der Waals surface area contributed by atoms with Gasteiger partial charge < -0.3 is 10.5 Å². The van der Waals surface area contributed by atoms with E-state index >= 15 is 0 Å². The fraction of sp³-hybridized carbons (Fsp3) is 0.125. The number of hydrogen-bond donors (Lipinski definition) is 1. The predicted molar refractivity (Wildman–Crippen MR) is 62.7 cm³/mol. The lowest BCUT2D eigenvalue weighted by Gasteiger charge is -2.00. The summed E-state index contributed by atoms with van der Waals surface area (Å²) in [5, 5.41) is 0.632. The Morgan fingerprint density at radius 3 is 2.94 bits per heavy atom. The topological polar surface area (TPSA) is 83.0 Å². The second-order valence-electron chi connectivity index (χ2n) is 2.79. The number of carbonyl (C=O) groups is 1. The molecule has 0 bridgehead atoms. The quantitative estimate of drug-likeness (QED) is 0.849. The van der Waals surface area contributed by atoms with Crippen LogP contribution in [0.4, 0.5) is 5.82 Å². The summed E-state index contributed by atoms with van der Waals surface area (Å²) in [6, 6.07) is 0. The number of thiazole rings is 1. The highest BCUT2D eigenvalue weighted by molar-refractivity contribution is 9.11. The highest BCUT2D eigenvalue weighted by Gasteiger charge is 2.18. The third kappa shape index (κ3) is 1.81. The zero-order valence-corrected chi connectivity index (χ0v) is 10.6. The van der Waals surface area contributed by atoms with Crippen molar-refractivity contribution in [3.63, 3.8) is 0 Å². The molecule has 2 N–H and O–H groups in total. The molecule has 0 amide bonds. The van der Waals surface area contributed by atoms with E-state index < -0.39 is 5.97 Å². The molecule has 0 atom stereocenters. The van der Waals surface area contributed by atoms with Crippen LogP contribution in [0.5, 0.6) is 0 Å². The van der Waals surface area contributed by atoms with Gasteiger partial charge in [-0.15, -0.1) is 0 Å². The number of hydrogen-bond acceptors (Lipinski definition) is 6. The number of ether oxygens (including phenoxy) is 1. The fourth-order valence-corrected chi connectivity index (χ4v) is 2.29. The van der Waals surface area contributed by atoms with Crippen LogP contribution in [0.2, 0.25) is 0 Å². The number of carbonyl (C=O) groups excluding carboxylic acids is 1. The molecule has 0 radical (unpaired) electrons. The SMILES string of the molecule is COC(=O)c1ncn(-c2ncc(Br)s2)c1N. The van der Waals surface area contributed by atoms with Crippen molar-refractivity contribution in [2.45, 2.75) is 0 Å². The Morgan fingerprint density at radius 1 is 1.62 bits per heavy atom. The first-order valence-corrected chi connectivity index (χ1v) is 5.77. The standard InChI is InChI=1S/C8H7BrN4O2S/c1-15-7(14)5-6(10)13(3-12-5)8-11-2-4(9)16-8/h2-3H,10H2,1H3. The van der Waals surface area contributed by atoms with Crippen LogP contribution < -0.4 is 5.73 Å². The molecule has 2 aromatic heterocycles. The van der Waals surface area contributed by atoms with Crippen molar-refractivity contribution in [2.24, 2.45) is 0 Å². The summed E-state index contributed by atoms with van der Waals surface area (Å²) in [7, 11) is 1.28. The Hall–Kier alpha value is -1.41. The number of nitrogen functional groups attached to an aromatic ring is 1. The Labute approximate surface area is 103 Å². The van der Waals surface area contributed by atoms with Gasteiger partial charge in [-0.25, -0.2) is 14.8 Å². The van der Waals surface area contributed by atoms with Crippen LogP contribution in [0.1, 0.15) is 10.5 Å². The molecule has 8 heteroatoms. The molecule has 84 valence electrons. The van der Waals surface area contributed by atoms with Gasteiger partial charge in [0.1, 0.15) is 12.1 Å². The van der Waals surface area contributed by atoms with Gasteiger partial charge in [0.15, 0.2) is 10.8 Å². The Kier molecular flexibility index (Phi) is 2.92. The lowest BCUT2D eigenvalue weighted by molar-refractivity contribution is 0.0596. The van der Waals surface area contributed by atoms with E-state index in [0.29, 0.717) is 5.13 Å². The normalized spacial score (nSPS) is 10.4. The fourth-order valence-electron chi connectivity index (χ4n) is 1.12. The van der Waals surface area contributed by atoms with Crippen LogP contribution in [0.15, 0.2) is 16.3 Å². The monoisotopic (exact) mass is 302 g/mol. The maximum absolute atomic E-state index is 11.3. The van der Waals surface area contributed by atoms with Crippen LogP contribution in [-0.2, 0) is 4.74 Å². The van der Waals surface area contributed by atoms with E-state index in [9.17, 15) is 4.79 Å². The van der Waals surface area contributed by atoms with Crippen LogP contribution in [-0.4, -0.2) is 27.6 Å². The molecular formula is C8H7BrN4O2S. The molecule has 2 heterocycles. The minimum atomic E-state index is -0.563. The summed E-state index contributed by atoms with van der Waals surface area (Å²) in [6.45, 7) is 0. The third-order valence-electron chi connectivity index (χ3n) is 1.85. The van der Waals surface area contributed by atoms with E-state index in [-0.39, 0.29) is 11.5 Å². The predicted octanol–water partition coefficient (Wildman–Crippen LogP) is 1.46. The van der Waals surface area contributed by atoms with E-state index in [0.717, 1.165) is 3.79 Å². The van der Waals surface area contributed by atoms with Crippen molar-refractivity contribution in [1.29, 1.82) is 0 Å². The maximum atomic E-state index is 11.3. The summed E-state index contributed by atoms with van der Waals surface area (Å²) in [5.41, 5.74) is 5.86. The van der Waals surface area contributed by atoms with Gasteiger partial charge in [-0.2, -0.15) is 0 Å². The molecule has 2 rings (SSSR count). The number of methoxy groups -OCH3 is 1. The van der Waals surface area contributed by atoms with E-state index in [4.69, 9.17) is 5.73 Å². The average Bonchev–Trinajstić information content (AvgIpc) is 2.83. The summed E-state index contributed by atoms with van der Waals surface area (Å²) >= 11 is 4.68. The first-order valence-electron chi connectivity index (χ1n) is 4.16. The molecule has 0 fully saturated rings. The van der Waals surface area contributed by atoms with Crippen molar-refractivity contribution < 1.29 is 9.53 Å². The van der Waals surface area contributed by atoms with Gasteiger partial charge in [0, 0.05) is 0 Å². The number of imidazole rings is 1. The second-order valence-corrected chi connectivity index (χ2v) is 5.18. The lowest BCUT2D eigenvalue weighted by atomic mass is 10.4. The first kappa shape index (κ1) is 11.1. The van der Waals surface area contributed by atoms with Gasteiger partial charge in [0.2, 0.25) is 0 Å². The van der Waals surface area contributed by atoms with E-state index in [1.165, 1.54) is 29.3 Å². The molecule has 0 unspecified atom stereocenters. The Bertz CT molecular complexity index is 536. The minimum absolute atomic E-state index is 0.0915. The van der Waals surface area contributed by atoms with Crippen LogP contribution in [0.3, 0.4) is 0 Å². The number of nitrogens with zero attached hydrogens (tertiary/aromatic N) is 3. The number of aromatic nitrogens is 3. The highest BCUT2D eigenvalue weighted by Crippen LogP contribution is 2.25. The van der Waals surface area contributed by atoms with Gasteiger partial charge in [-0.05, 0) is 15.9 Å². The molecule has 0 saturated carbocycles. The van der Waals surface area contributed by atoms with Crippen molar-refractivity contribution in [3.05, 3.63) is 22.0 Å². The third-order valence-corrected chi connectivity index (χ3v) is 3.33. The van der Waals surface area contributed by atoms with Gasteiger partial charge in [0.05, 0.1) is 17.1 Å². The smallest absolute Gasteiger partial charge is 0.360 e. The van der Waals surface area contributed by atoms with Crippen LogP contribution in [0.25, 0.3) is 5.13 Å². The molecule has 0 spiro atoms. The molecule has 2 aromatic rings. The van der Waals surface area contributed by atoms with Crippen molar-refractivity contribution in [2.75, 3.05) is 12.8 Å². The number of halogens is 1. The Balaban J connectivity index is 2.44. The Morgan fingerprint density at radius 2 is 2.38 bits per heavy atom. The summed E-state index contributed by atoms with van der Waals surface area (Å²) in [6.07, 6.45) is 3.09. The molecule has 16 heavy (non-hydrogen) atoms. The zero-order valence-electron chi connectivity index (χ0n) is 8.18.